The third kappa shape index (κ3) is 5.55. The van der Waals surface area contributed by atoms with E-state index in [1.807, 2.05) is 43.3 Å². The van der Waals surface area contributed by atoms with E-state index in [9.17, 15) is 0 Å². The van der Waals surface area contributed by atoms with Crippen molar-refractivity contribution in [2.24, 2.45) is 0 Å². The van der Waals surface area contributed by atoms with Crippen LogP contribution in [0, 0.1) is 0 Å². The molecule has 1 aliphatic heterocycles. The molecule has 1 heterocycles. The predicted octanol–water partition coefficient (Wildman–Crippen LogP) is 7.12. The molecule has 0 bridgehead atoms. The minimum atomic E-state index is 0.338. The molecule has 0 aromatic heterocycles. The van der Waals surface area contributed by atoms with Crippen LogP contribution in [0.3, 0.4) is 0 Å². The predicted molar refractivity (Wildman–Crippen MR) is 131 cm³/mol. The third-order valence-electron chi connectivity index (χ3n) is 4.78. The van der Waals surface area contributed by atoms with Gasteiger partial charge in [0.05, 0.1) is 21.1 Å². The van der Waals surface area contributed by atoms with Crippen LogP contribution >= 0.6 is 39.1 Å². The molecular formula is C24H22BrCl2NO4. The van der Waals surface area contributed by atoms with Crippen molar-refractivity contribution in [2.75, 3.05) is 25.1 Å². The summed E-state index contributed by atoms with van der Waals surface area (Å²) in [5.41, 5.74) is 2.90. The molecule has 0 saturated heterocycles. The Bertz CT molecular complexity index is 1110. The second-order valence-corrected chi connectivity index (χ2v) is 8.76. The van der Waals surface area contributed by atoms with E-state index in [0.717, 1.165) is 32.8 Å². The number of halogens is 3. The molecule has 4 rings (SSSR count). The van der Waals surface area contributed by atoms with Gasteiger partial charge in [-0.3, -0.25) is 0 Å². The summed E-state index contributed by atoms with van der Waals surface area (Å²) in [5, 5.41) is 4.43. The van der Waals surface area contributed by atoms with E-state index < -0.39 is 0 Å². The molecule has 0 unspecified atom stereocenters. The molecule has 0 aliphatic carbocycles. The Balaban J connectivity index is 1.47. The molecule has 8 heteroatoms. The van der Waals surface area contributed by atoms with Gasteiger partial charge in [0.25, 0.3) is 0 Å². The van der Waals surface area contributed by atoms with Crippen molar-refractivity contribution >= 4 is 44.8 Å². The monoisotopic (exact) mass is 537 g/mol. The van der Waals surface area contributed by atoms with Gasteiger partial charge in [-0.15, -0.1) is 0 Å². The van der Waals surface area contributed by atoms with Crippen LogP contribution in [0.25, 0.3) is 0 Å². The quantitative estimate of drug-likeness (QED) is 0.331. The summed E-state index contributed by atoms with van der Waals surface area (Å²) in [4.78, 5) is 0. The minimum Gasteiger partial charge on any atom is -0.490 e. The van der Waals surface area contributed by atoms with Crippen LogP contribution < -0.4 is 24.3 Å². The second kappa shape index (κ2) is 10.6. The third-order valence-corrected chi connectivity index (χ3v) is 6.10. The van der Waals surface area contributed by atoms with Crippen molar-refractivity contribution in [3.8, 4) is 23.0 Å². The van der Waals surface area contributed by atoms with Crippen molar-refractivity contribution in [3.63, 3.8) is 0 Å². The van der Waals surface area contributed by atoms with Crippen molar-refractivity contribution in [3.05, 3.63) is 74.2 Å². The van der Waals surface area contributed by atoms with E-state index in [4.69, 9.17) is 42.1 Å². The first-order valence-electron chi connectivity index (χ1n) is 10.2. The van der Waals surface area contributed by atoms with E-state index in [1.54, 1.807) is 12.1 Å². The van der Waals surface area contributed by atoms with E-state index in [-0.39, 0.29) is 0 Å². The fourth-order valence-electron chi connectivity index (χ4n) is 3.27. The molecule has 0 atom stereocenters. The number of anilines is 1. The highest BCUT2D eigenvalue weighted by molar-refractivity contribution is 9.10. The second-order valence-electron chi connectivity index (χ2n) is 7.09. The van der Waals surface area contributed by atoms with E-state index in [2.05, 4.69) is 21.2 Å². The molecule has 5 nitrogen and oxygen atoms in total. The average molecular weight is 539 g/mol. The summed E-state index contributed by atoms with van der Waals surface area (Å²) in [6, 6.07) is 15.3. The average Bonchev–Trinajstić information content (AvgIpc) is 2.79. The smallest absolute Gasteiger partial charge is 0.175 e. The maximum atomic E-state index is 6.11. The van der Waals surface area contributed by atoms with Crippen molar-refractivity contribution in [1.82, 2.24) is 0 Å². The molecule has 1 N–H and O–H groups in total. The zero-order valence-electron chi connectivity index (χ0n) is 17.4. The number of fused-ring (bicyclic) bond motifs is 1. The maximum absolute atomic E-state index is 6.11. The molecule has 0 spiro atoms. The lowest BCUT2D eigenvalue weighted by Gasteiger charge is -2.19. The summed E-state index contributed by atoms with van der Waals surface area (Å²) in [6.07, 6.45) is 0. The minimum absolute atomic E-state index is 0.338. The lowest BCUT2D eigenvalue weighted by molar-refractivity contribution is 0.171. The normalized spacial score (nSPS) is 12.4. The number of nitrogens with one attached hydrogen (secondary N) is 1. The maximum Gasteiger partial charge on any atom is 0.175 e. The van der Waals surface area contributed by atoms with E-state index >= 15 is 0 Å². The molecule has 32 heavy (non-hydrogen) atoms. The Labute approximate surface area is 205 Å². The lowest BCUT2D eigenvalue weighted by Crippen LogP contribution is -2.15. The molecule has 1 aliphatic rings. The van der Waals surface area contributed by atoms with Crippen LogP contribution in [0.4, 0.5) is 5.69 Å². The zero-order chi connectivity index (χ0) is 22.5. The summed E-state index contributed by atoms with van der Waals surface area (Å²) in [7, 11) is 0. The molecule has 3 aromatic carbocycles. The van der Waals surface area contributed by atoms with Gasteiger partial charge in [-0.1, -0.05) is 29.3 Å². The summed E-state index contributed by atoms with van der Waals surface area (Å²) in [6.45, 7) is 4.54. The summed E-state index contributed by atoms with van der Waals surface area (Å²) >= 11 is 15.7. The van der Waals surface area contributed by atoms with Gasteiger partial charge in [0.2, 0.25) is 0 Å². The van der Waals surface area contributed by atoms with E-state index in [1.165, 1.54) is 0 Å². The summed E-state index contributed by atoms with van der Waals surface area (Å²) < 4.78 is 23.9. The SMILES string of the molecule is CCOc1cc(CNc2ccc3c(c2)OCCO3)cc(Br)c1OCc1ccc(Cl)c(Cl)c1. The van der Waals surface area contributed by atoms with Gasteiger partial charge in [0.1, 0.15) is 19.8 Å². The molecule has 168 valence electrons. The molecule has 0 amide bonds. The topological polar surface area (TPSA) is 49.0 Å². The fraction of sp³-hybridized carbons (Fsp3) is 0.250. The number of rotatable bonds is 8. The Morgan fingerprint density at radius 2 is 1.72 bits per heavy atom. The van der Waals surface area contributed by atoms with Crippen LogP contribution in [0.5, 0.6) is 23.0 Å². The number of benzene rings is 3. The van der Waals surface area contributed by atoms with Crippen LogP contribution in [0.1, 0.15) is 18.1 Å². The zero-order valence-corrected chi connectivity index (χ0v) is 20.5. The molecule has 3 aromatic rings. The van der Waals surface area contributed by atoms with Crippen molar-refractivity contribution in [2.45, 2.75) is 20.1 Å². The van der Waals surface area contributed by atoms with Gasteiger partial charge in [0, 0.05) is 18.3 Å². The van der Waals surface area contributed by atoms with Gasteiger partial charge >= 0.3 is 0 Å². The van der Waals surface area contributed by atoms with Crippen LogP contribution in [-0.2, 0) is 13.2 Å². The van der Waals surface area contributed by atoms with Gasteiger partial charge in [-0.2, -0.15) is 0 Å². The molecular weight excluding hydrogens is 517 g/mol. The highest BCUT2D eigenvalue weighted by Gasteiger charge is 2.15. The van der Waals surface area contributed by atoms with Crippen LogP contribution in [0.2, 0.25) is 10.0 Å². The standard InChI is InChI=1S/C24H22BrCl2NO4/c1-2-29-23-11-16(13-28-17-4-6-21-22(12-17)31-8-7-30-21)9-18(25)24(23)32-14-15-3-5-19(26)20(27)10-15/h3-6,9-12,28H,2,7-8,13-14H2,1H3. The first kappa shape index (κ1) is 22.9. The molecule has 0 saturated carbocycles. The Morgan fingerprint density at radius 3 is 2.50 bits per heavy atom. The Morgan fingerprint density at radius 1 is 0.906 bits per heavy atom. The highest BCUT2D eigenvalue weighted by Crippen LogP contribution is 2.38. The Kier molecular flexibility index (Phi) is 7.55. The summed E-state index contributed by atoms with van der Waals surface area (Å²) in [5.74, 6) is 2.83. The van der Waals surface area contributed by atoms with Gasteiger partial charge in [0.15, 0.2) is 23.0 Å². The Hall–Kier alpha value is -2.28. The van der Waals surface area contributed by atoms with Gasteiger partial charge < -0.3 is 24.3 Å². The number of hydrogen-bond donors (Lipinski definition) is 1. The van der Waals surface area contributed by atoms with Gasteiger partial charge in [-0.05, 0) is 70.4 Å². The van der Waals surface area contributed by atoms with Crippen molar-refractivity contribution in [1.29, 1.82) is 0 Å². The fourth-order valence-corrected chi connectivity index (χ4v) is 4.19. The highest BCUT2D eigenvalue weighted by atomic mass is 79.9. The first-order valence-corrected chi connectivity index (χ1v) is 11.7. The number of ether oxygens (including phenoxy) is 4. The molecule has 0 fully saturated rings. The molecule has 0 radical (unpaired) electrons. The van der Waals surface area contributed by atoms with Crippen molar-refractivity contribution < 1.29 is 18.9 Å². The van der Waals surface area contributed by atoms with Crippen LogP contribution in [-0.4, -0.2) is 19.8 Å². The van der Waals surface area contributed by atoms with E-state index in [0.29, 0.717) is 54.5 Å². The first-order chi connectivity index (χ1) is 15.5. The van der Waals surface area contributed by atoms with Gasteiger partial charge in [-0.25, -0.2) is 0 Å². The largest absolute Gasteiger partial charge is 0.490 e. The lowest BCUT2D eigenvalue weighted by atomic mass is 10.2. The van der Waals surface area contributed by atoms with Crippen LogP contribution in [0.15, 0.2) is 53.0 Å². The number of hydrogen-bond acceptors (Lipinski definition) is 5.